The monoisotopic (exact) mass is 233 g/mol. The Kier molecular flexibility index (Phi) is 5.80. The van der Waals surface area contributed by atoms with E-state index in [1.165, 1.54) is 4.31 Å². The Balaban J connectivity index is 4.69. The van der Waals surface area contributed by atoms with E-state index in [2.05, 4.69) is 4.72 Å². The van der Waals surface area contributed by atoms with Crippen molar-refractivity contribution in [3.63, 3.8) is 0 Å². The molecule has 0 aromatic rings. The summed E-state index contributed by atoms with van der Waals surface area (Å²) in [4.78, 5) is 0. The Morgan fingerprint density at radius 3 is 2.20 bits per heavy atom. The summed E-state index contributed by atoms with van der Waals surface area (Å²) in [6, 6.07) is 1.66. The lowest BCUT2D eigenvalue weighted by molar-refractivity contribution is 0.352. The first kappa shape index (κ1) is 14.4. The SMILES string of the molecule is CC(C)NS(=O)(=O)N(CCC#N)C(C)C. The quantitative estimate of drug-likeness (QED) is 0.739. The molecule has 0 atom stereocenters. The van der Waals surface area contributed by atoms with Crippen LogP contribution in [0.5, 0.6) is 0 Å². The van der Waals surface area contributed by atoms with Crippen molar-refractivity contribution in [2.24, 2.45) is 0 Å². The average molecular weight is 233 g/mol. The summed E-state index contributed by atoms with van der Waals surface area (Å²) < 4.78 is 27.4. The van der Waals surface area contributed by atoms with Crippen molar-refractivity contribution in [1.29, 1.82) is 5.26 Å². The highest BCUT2D eigenvalue weighted by Crippen LogP contribution is 2.06. The molecule has 5 nitrogen and oxygen atoms in total. The Labute approximate surface area is 92.3 Å². The van der Waals surface area contributed by atoms with E-state index in [1.807, 2.05) is 6.07 Å². The van der Waals surface area contributed by atoms with E-state index in [0.29, 0.717) is 0 Å². The van der Waals surface area contributed by atoms with Crippen LogP contribution in [-0.4, -0.2) is 31.4 Å². The van der Waals surface area contributed by atoms with Crippen LogP contribution in [0.25, 0.3) is 0 Å². The minimum absolute atomic E-state index is 0.140. The molecule has 0 fully saturated rings. The Bertz CT molecular complexity index is 317. The first-order valence-electron chi connectivity index (χ1n) is 4.97. The van der Waals surface area contributed by atoms with Crippen LogP contribution in [0.1, 0.15) is 34.1 Å². The fourth-order valence-electron chi connectivity index (χ4n) is 1.18. The van der Waals surface area contributed by atoms with Crippen LogP contribution in [-0.2, 0) is 10.2 Å². The zero-order chi connectivity index (χ0) is 12.1. The van der Waals surface area contributed by atoms with Crippen molar-refractivity contribution in [2.45, 2.75) is 46.2 Å². The molecule has 0 unspecified atom stereocenters. The van der Waals surface area contributed by atoms with Crippen molar-refractivity contribution in [1.82, 2.24) is 9.03 Å². The topological polar surface area (TPSA) is 73.2 Å². The van der Waals surface area contributed by atoms with E-state index in [4.69, 9.17) is 5.26 Å². The third-order valence-corrected chi connectivity index (χ3v) is 3.70. The highest BCUT2D eigenvalue weighted by atomic mass is 32.2. The second kappa shape index (κ2) is 6.05. The molecule has 0 aromatic carbocycles. The fraction of sp³-hybridized carbons (Fsp3) is 0.889. The maximum atomic E-state index is 11.8. The Morgan fingerprint density at radius 2 is 1.87 bits per heavy atom. The van der Waals surface area contributed by atoms with Gasteiger partial charge in [0, 0.05) is 25.0 Å². The first-order valence-corrected chi connectivity index (χ1v) is 6.41. The fourth-order valence-corrected chi connectivity index (χ4v) is 2.80. The van der Waals surface area contributed by atoms with E-state index in [0.717, 1.165) is 0 Å². The number of hydrogen-bond acceptors (Lipinski definition) is 3. The van der Waals surface area contributed by atoms with Gasteiger partial charge < -0.3 is 0 Å². The summed E-state index contributed by atoms with van der Waals surface area (Å²) in [5.74, 6) is 0. The van der Waals surface area contributed by atoms with Gasteiger partial charge in [0.15, 0.2) is 0 Å². The molecular weight excluding hydrogens is 214 g/mol. The van der Waals surface area contributed by atoms with Gasteiger partial charge in [-0.15, -0.1) is 0 Å². The van der Waals surface area contributed by atoms with Gasteiger partial charge in [-0.3, -0.25) is 0 Å². The van der Waals surface area contributed by atoms with Gasteiger partial charge in [-0.05, 0) is 27.7 Å². The lowest BCUT2D eigenvalue weighted by Gasteiger charge is -2.26. The summed E-state index contributed by atoms with van der Waals surface area (Å²) in [6.07, 6.45) is 0.206. The molecule has 0 rings (SSSR count). The molecule has 6 heteroatoms. The maximum Gasteiger partial charge on any atom is 0.279 e. The molecule has 1 N–H and O–H groups in total. The van der Waals surface area contributed by atoms with Crippen molar-refractivity contribution >= 4 is 10.2 Å². The first-order chi connectivity index (χ1) is 6.81. The molecule has 0 saturated heterocycles. The van der Waals surface area contributed by atoms with E-state index >= 15 is 0 Å². The van der Waals surface area contributed by atoms with Crippen LogP contribution in [0.15, 0.2) is 0 Å². The van der Waals surface area contributed by atoms with Crippen molar-refractivity contribution in [2.75, 3.05) is 6.54 Å². The van der Waals surface area contributed by atoms with E-state index in [1.54, 1.807) is 27.7 Å². The van der Waals surface area contributed by atoms with Crippen molar-refractivity contribution in [3.8, 4) is 6.07 Å². The predicted molar refractivity (Wildman–Crippen MR) is 59.3 cm³/mol. The molecule has 0 radical (unpaired) electrons. The number of nitrogens with one attached hydrogen (secondary N) is 1. The Morgan fingerprint density at radius 1 is 1.33 bits per heavy atom. The van der Waals surface area contributed by atoms with Gasteiger partial charge in [0.2, 0.25) is 0 Å². The van der Waals surface area contributed by atoms with Crippen molar-refractivity contribution < 1.29 is 8.42 Å². The molecule has 0 aliphatic rings. The molecule has 88 valence electrons. The average Bonchev–Trinajstić information content (AvgIpc) is 2.00. The zero-order valence-electron chi connectivity index (χ0n) is 9.69. The van der Waals surface area contributed by atoms with Crippen molar-refractivity contribution in [3.05, 3.63) is 0 Å². The van der Waals surface area contributed by atoms with Crippen LogP contribution in [0, 0.1) is 11.3 Å². The molecule has 0 saturated carbocycles. The third kappa shape index (κ3) is 5.11. The lowest BCUT2D eigenvalue weighted by atomic mass is 10.3. The molecule has 0 amide bonds. The minimum Gasteiger partial charge on any atom is -0.200 e. The lowest BCUT2D eigenvalue weighted by Crippen LogP contribution is -2.47. The van der Waals surface area contributed by atoms with Gasteiger partial charge in [0.25, 0.3) is 10.2 Å². The van der Waals surface area contributed by atoms with E-state index in [9.17, 15) is 8.42 Å². The van der Waals surface area contributed by atoms with Crippen LogP contribution >= 0.6 is 0 Å². The van der Waals surface area contributed by atoms with Gasteiger partial charge in [-0.25, -0.2) is 0 Å². The smallest absolute Gasteiger partial charge is 0.200 e. The maximum absolute atomic E-state index is 11.8. The van der Waals surface area contributed by atoms with Gasteiger partial charge in [-0.2, -0.15) is 22.7 Å². The van der Waals surface area contributed by atoms with E-state index in [-0.39, 0.29) is 25.0 Å². The van der Waals surface area contributed by atoms with E-state index < -0.39 is 10.2 Å². The standard InChI is InChI=1S/C9H19N3O2S/c1-8(2)11-15(13,14)12(9(3)4)7-5-6-10/h8-9,11H,5,7H2,1-4H3. The number of rotatable bonds is 6. The van der Waals surface area contributed by atoms with Gasteiger partial charge >= 0.3 is 0 Å². The summed E-state index contributed by atoms with van der Waals surface area (Å²) >= 11 is 0. The molecular formula is C9H19N3O2S. The molecule has 0 aliphatic carbocycles. The highest BCUT2D eigenvalue weighted by molar-refractivity contribution is 7.87. The number of nitriles is 1. The second-order valence-electron chi connectivity index (χ2n) is 3.89. The third-order valence-electron chi connectivity index (χ3n) is 1.71. The number of hydrogen-bond donors (Lipinski definition) is 1. The molecule has 15 heavy (non-hydrogen) atoms. The molecule has 0 heterocycles. The Hall–Kier alpha value is -0.640. The molecule has 0 bridgehead atoms. The molecule has 0 spiro atoms. The van der Waals surface area contributed by atoms with Crippen LogP contribution in [0.3, 0.4) is 0 Å². The minimum atomic E-state index is -3.46. The van der Waals surface area contributed by atoms with Crippen LogP contribution in [0.2, 0.25) is 0 Å². The molecule has 0 aromatic heterocycles. The summed E-state index contributed by atoms with van der Waals surface area (Å²) in [5, 5.41) is 8.45. The summed E-state index contributed by atoms with van der Waals surface area (Å²) in [6.45, 7) is 7.34. The summed E-state index contributed by atoms with van der Waals surface area (Å²) in [5.41, 5.74) is 0. The van der Waals surface area contributed by atoms with Gasteiger partial charge in [-0.1, -0.05) is 0 Å². The van der Waals surface area contributed by atoms with Crippen LogP contribution in [0.4, 0.5) is 0 Å². The van der Waals surface area contributed by atoms with Crippen LogP contribution < -0.4 is 4.72 Å². The highest BCUT2D eigenvalue weighted by Gasteiger charge is 2.24. The normalized spacial score (nSPS) is 12.4. The molecule has 0 aliphatic heterocycles. The zero-order valence-corrected chi connectivity index (χ0v) is 10.5. The largest absolute Gasteiger partial charge is 0.279 e. The van der Waals surface area contributed by atoms with Gasteiger partial charge in [0.05, 0.1) is 6.07 Å². The van der Waals surface area contributed by atoms with Gasteiger partial charge in [0.1, 0.15) is 0 Å². The number of nitrogens with zero attached hydrogens (tertiary/aromatic N) is 2. The summed E-state index contributed by atoms with van der Waals surface area (Å²) in [7, 11) is -3.46. The second-order valence-corrected chi connectivity index (χ2v) is 5.55. The predicted octanol–water partition coefficient (Wildman–Crippen LogP) is 0.853.